The predicted octanol–water partition coefficient (Wildman–Crippen LogP) is -2.64. The zero-order chi connectivity index (χ0) is 18.0. The van der Waals surface area contributed by atoms with E-state index in [2.05, 4.69) is 25.0 Å². The first-order valence-electron chi connectivity index (χ1n) is 7.05. The van der Waals surface area contributed by atoms with Gasteiger partial charge in [-0.2, -0.15) is 0 Å². The Labute approximate surface area is 189 Å². The summed E-state index contributed by atoms with van der Waals surface area (Å²) in [5.41, 5.74) is 0.465. The monoisotopic (exact) mass is 378 g/mol. The van der Waals surface area contributed by atoms with Gasteiger partial charge in [-0.3, -0.25) is 4.79 Å². The molecule has 3 aromatic rings. The van der Waals surface area contributed by atoms with Crippen molar-refractivity contribution < 1.29 is 75.6 Å². The number of H-pyrrole nitrogens is 1. The first-order valence-corrected chi connectivity index (χ1v) is 7.05. The number of benzene rings is 1. The van der Waals surface area contributed by atoms with Crippen molar-refractivity contribution in [3.05, 3.63) is 53.6 Å². The molecule has 3 rings (SSSR count). The normalized spacial score (nSPS) is 10.0. The van der Waals surface area contributed by atoms with Crippen molar-refractivity contribution in [3.63, 3.8) is 0 Å². The van der Waals surface area contributed by atoms with Crippen LogP contribution in [-0.2, 0) is 4.74 Å². The molecule has 26 heavy (non-hydrogen) atoms. The third kappa shape index (κ3) is 3.84. The van der Waals surface area contributed by atoms with Crippen LogP contribution in [0.25, 0.3) is 11.0 Å². The number of aromatic amines is 1. The Kier molecular flexibility index (Phi) is 6.61. The van der Waals surface area contributed by atoms with Gasteiger partial charge in [0.15, 0.2) is 0 Å². The van der Waals surface area contributed by atoms with Crippen LogP contribution in [0.4, 0.5) is 5.69 Å². The van der Waals surface area contributed by atoms with E-state index >= 15 is 0 Å². The second kappa shape index (κ2) is 8.51. The number of anilines is 1. The van der Waals surface area contributed by atoms with E-state index in [0.717, 1.165) is 6.33 Å². The number of aromatic nitrogens is 3. The number of fused-ring (bicyclic) bond motifs is 1. The Morgan fingerprint density at radius 1 is 1.15 bits per heavy atom. The molecule has 0 unspecified atom stereocenters. The van der Waals surface area contributed by atoms with Crippen LogP contribution in [0.2, 0.25) is 0 Å². The van der Waals surface area contributed by atoms with Gasteiger partial charge in [-0.25, -0.2) is 14.8 Å². The number of aromatic carboxylic acids is 1. The molecule has 0 saturated heterocycles. The summed E-state index contributed by atoms with van der Waals surface area (Å²) in [6.45, 7) is 0. The fraction of sp³-hybridized carbons (Fsp3) is 0.0625. The Morgan fingerprint density at radius 2 is 1.85 bits per heavy atom. The van der Waals surface area contributed by atoms with Crippen molar-refractivity contribution in [1.29, 1.82) is 0 Å². The van der Waals surface area contributed by atoms with Gasteiger partial charge in [0.1, 0.15) is 17.5 Å². The fourth-order valence-electron chi connectivity index (χ4n) is 2.35. The number of amides is 1. The smallest absolute Gasteiger partial charge is 0.543 e. The molecule has 0 bridgehead atoms. The van der Waals surface area contributed by atoms with Crippen LogP contribution < -0.4 is 61.8 Å². The molecule has 0 aliphatic rings. The molecular formula is C16H11KN4O5. The van der Waals surface area contributed by atoms with E-state index < -0.39 is 17.8 Å². The molecule has 0 atom stereocenters. The van der Waals surface area contributed by atoms with Gasteiger partial charge in [-0.05, 0) is 12.1 Å². The minimum atomic E-state index is -1.47. The van der Waals surface area contributed by atoms with Gasteiger partial charge >= 0.3 is 57.4 Å². The van der Waals surface area contributed by atoms with Gasteiger partial charge in [0.2, 0.25) is 0 Å². The number of hydrogen-bond acceptors (Lipinski definition) is 7. The quantitative estimate of drug-likeness (QED) is 0.374. The summed E-state index contributed by atoms with van der Waals surface area (Å²) in [7, 11) is 1.22. The number of hydrogen-bond donors (Lipinski definition) is 2. The van der Waals surface area contributed by atoms with Gasteiger partial charge in [-0.1, -0.05) is 12.1 Å². The Hall–Kier alpha value is -2.11. The van der Waals surface area contributed by atoms with Gasteiger partial charge in [0.05, 0.1) is 35.4 Å². The number of nitrogens with zero attached hydrogens (tertiary/aromatic N) is 2. The van der Waals surface area contributed by atoms with Crippen molar-refractivity contribution in [1.82, 2.24) is 15.0 Å². The van der Waals surface area contributed by atoms with Gasteiger partial charge in [0, 0.05) is 6.20 Å². The van der Waals surface area contributed by atoms with Gasteiger partial charge in [0.25, 0.3) is 5.91 Å². The SMILES string of the molecule is COC(=O)c1ccccc1C(=O)Nc1c[nH]c2c(C(=O)[O-])ncnc12.[K+]. The number of carbonyl (C=O) groups is 3. The molecule has 0 aliphatic carbocycles. The van der Waals surface area contributed by atoms with E-state index in [1.807, 2.05) is 0 Å². The molecular weight excluding hydrogens is 367 g/mol. The zero-order valence-electron chi connectivity index (χ0n) is 13.9. The predicted molar refractivity (Wildman–Crippen MR) is 84.0 cm³/mol. The maximum Gasteiger partial charge on any atom is 1.00 e. The van der Waals surface area contributed by atoms with Gasteiger partial charge in [-0.15, -0.1) is 0 Å². The maximum atomic E-state index is 12.5. The second-order valence-corrected chi connectivity index (χ2v) is 4.93. The Balaban J connectivity index is 0.00000243. The average Bonchev–Trinajstić information content (AvgIpc) is 3.03. The molecule has 2 N–H and O–H groups in total. The number of nitrogens with one attached hydrogen (secondary N) is 2. The summed E-state index contributed by atoms with van der Waals surface area (Å²) in [4.78, 5) is 45.6. The van der Waals surface area contributed by atoms with Crippen molar-refractivity contribution in [2.24, 2.45) is 0 Å². The summed E-state index contributed by atoms with van der Waals surface area (Å²) >= 11 is 0. The Bertz CT molecular complexity index is 1000. The number of carbonyl (C=O) groups excluding carboxylic acids is 3. The van der Waals surface area contributed by atoms with E-state index in [0.29, 0.717) is 0 Å². The molecule has 1 aromatic carbocycles. The summed E-state index contributed by atoms with van der Waals surface area (Å²) in [6.07, 6.45) is 2.43. The molecule has 1 amide bonds. The first kappa shape index (κ1) is 20.2. The number of methoxy groups -OCH3 is 1. The molecule has 0 radical (unpaired) electrons. The van der Waals surface area contributed by atoms with Crippen LogP contribution in [0.5, 0.6) is 0 Å². The molecule has 126 valence electrons. The van der Waals surface area contributed by atoms with E-state index in [9.17, 15) is 19.5 Å². The molecule has 0 fully saturated rings. The third-order valence-electron chi connectivity index (χ3n) is 3.48. The Morgan fingerprint density at radius 3 is 2.50 bits per heavy atom. The van der Waals surface area contributed by atoms with Crippen molar-refractivity contribution in [3.8, 4) is 0 Å². The summed E-state index contributed by atoms with van der Waals surface area (Å²) in [5, 5.41) is 13.6. The van der Waals surface area contributed by atoms with Crippen molar-refractivity contribution in [2.45, 2.75) is 0 Å². The molecule has 10 heteroatoms. The number of ether oxygens (including phenoxy) is 1. The fourth-order valence-corrected chi connectivity index (χ4v) is 2.35. The van der Waals surface area contributed by atoms with E-state index in [1.165, 1.54) is 25.4 Å². The largest absolute Gasteiger partial charge is 1.00 e. The van der Waals surface area contributed by atoms with Crippen LogP contribution >= 0.6 is 0 Å². The molecule has 0 spiro atoms. The van der Waals surface area contributed by atoms with Crippen LogP contribution in [0.1, 0.15) is 31.2 Å². The van der Waals surface area contributed by atoms with E-state index in [1.54, 1.807) is 12.1 Å². The second-order valence-electron chi connectivity index (χ2n) is 4.93. The topological polar surface area (TPSA) is 137 Å². The third-order valence-corrected chi connectivity index (χ3v) is 3.48. The van der Waals surface area contributed by atoms with Gasteiger partial charge < -0.3 is 24.9 Å². The average molecular weight is 378 g/mol. The van der Waals surface area contributed by atoms with Crippen molar-refractivity contribution in [2.75, 3.05) is 12.4 Å². The molecule has 9 nitrogen and oxygen atoms in total. The van der Waals surface area contributed by atoms with E-state index in [4.69, 9.17) is 0 Å². The minimum absolute atomic E-state index is 0. The number of rotatable bonds is 4. The summed E-state index contributed by atoms with van der Waals surface area (Å²) in [6, 6.07) is 6.14. The first-order chi connectivity index (χ1) is 12.0. The molecule has 0 aliphatic heterocycles. The van der Waals surface area contributed by atoms with Crippen LogP contribution in [0.15, 0.2) is 36.8 Å². The molecule has 0 saturated carbocycles. The van der Waals surface area contributed by atoms with Crippen molar-refractivity contribution >= 4 is 34.6 Å². The van der Waals surface area contributed by atoms with Crippen LogP contribution in [-0.4, -0.2) is 39.9 Å². The van der Waals surface area contributed by atoms with Crippen LogP contribution in [0.3, 0.4) is 0 Å². The summed E-state index contributed by atoms with van der Waals surface area (Å²) in [5.74, 6) is -2.69. The summed E-state index contributed by atoms with van der Waals surface area (Å²) < 4.78 is 4.66. The number of esters is 1. The minimum Gasteiger partial charge on any atom is -0.543 e. The molecule has 2 heterocycles. The molecule has 2 aromatic heterocycles. The van der Waals surface area contributed by atoms with E-state index in [-0.39, 0.29) is 84.9 Å². The maximum absolute atomic E-state index is 12.5. The zero-order valence-corrected chi connectivity index (χ0v) is 17.0. The standard InChI is InChI=1S/C16H12N4O5.K/c1-25-16(24)9-5-3-2-4-8(9)14(21)20-10-6-17-12-11(10)18-7-19-13(12)15(22)23;/h2-7,17H,1H3,(H,20,21)(H,22,23);/q;+1/p-1. The number of carboxylic acid groups (broad SMARTS) is 1. The number of carboxylic acids is 1. The van der Waals surface area contributed by atoms with Crippen LogP contribution in [0, 0.1) is 0 Å².